The second-order valence-electron chi connectivity index (χ2n) is 6.48. The third-order valence-corrected chi connectivity index (χ3v) is 5.23. The summed E-state index contributed by atoms with van der Waals surface area (Å²) in [4.78, 5) is 12.5. The van der Waals surface area contributed by atoms with E-state index in [1.165, 1.54) is 6.42 Å². The highest BCUT2D eigenvalue weighted by Crippen LogP contribution is 2.37. The molecule has 0 radical (unpaired) electrons. The fourth-order valence-electron chi connectivity index (χ4n) is 3.22. The van der Waals surface area contributed by atoms with Gasteiger partial charge in [-0.25, -0.2) is 0 Å². The van der Waals surface area contributed by atoms with Gasteiger partial charge in [0.1, 0.15) is 11.6 Å². The van der Waals surface area contributed by atoms with E-state index in [1.807, 2.05) is 13.0 Å². The number of ether oxygens (including phenoxy) is 2. The Kier molecular flexibility index (Phi) is 7.52. The van der Waals surface area contributed by atoms with Crippen LogP contribution in [0.15, 0.2) is 22.2 Å². The number of carbonyl (C=O) groups is 1. The minimum atomic E-state index is -0.323. The molecule has 0 unspecified atom stereocenters. The topological polar surface area (TPSA) is 71.3 Å². The van der Waals surface area contributed by atoms with Crippen LogP contribution in [-0.4, -0.2) is 25.7 Å². The molecule has 6 heteroatoms. The van der Waals surface area contributed by atoms with Gasteiger partial charge in [-0.05, 0) is 65.4 Å². The maximum absolute atomic E-state index is 12.5. The van der Waals surface area contributed by atoms with Crippen LogP contribution in [0.1, 0.15) is 45.1 Å². The molecule has 1 fully saturated rings. The number of amides is 1. The Bertz CT molecular complexity index is 725. The first kappa shape index (κ1) is 20.3. The first-order chi connectivity index (χ1) is 12.5. The number of nitrogens with zero attached hydrogens (tertiary/aromatic N) is 1. The van der Waals surface area contributed by atoms with E-state index < -0.39 is 0 Å². The molecule has 2 atom stereocenters. The Morgan fingerprint density at radius 2 is 2.15 bits per heavy atom. The van der Waals surface area contributed by atoms with E-state index in [0.29, 0.717) is 34.1 Å². The number of halogens is 1. The monoisotopic (exact) mass is 420 g/mol. The Balaban J connectivity index is 2.24. The molecule has 0 spiro atoms. The van der Waals surface area contributed by atoms with Gasteiger partial charge in [-0.1, -0.05) is 19.8 Å². The summed E-state index contributed by atoms with van der Waals surface area (Å²) in [5, 5.41) is 12.5. The van der Waals surface area contributed by atoms with Gasteiger partial charge in [0.15, 0.2) is 11.5 Å². The van der Waals surface area contributed by atoms with Gasteiger partial charge < -0.3 is 14.8 Å². The molecule has 2 rings (SSSR count). The molecule has 0 saturated heterocycles. The lowest BCUT2D eigenvalue weighted by atomic mass is 9.86. The van der Waals surface area contributed by atoms with Crippen molar-refractivity contribution in [2.24, 2.45) is 5.92 Å². The van der Waals surface area contributed by atoms with Gasteiger partial charge in [0, 0.05) is 6.04 Å². The number of benzene rings is 1. The molecule has 0 aromatic heterocycles. The Labute approximate surface area is 163 Å². The van der Waals surface area contributed by atoms with Crippen LogP contribution in [0.25, 0.3) is 6.08 Å². The van der Waals surface area contributed by atoms with E-state index in [-0.39, 0.29) is 17.5 Å². The van der Waals surface area contributed by atoms with Crippen LogP contribution >= 0.6 is 15.9 Å². The highest BCUT2D eigenvalue weighted by Gasteiger charge is 2.24. The maximum Gasteiger partial charge on any atom is 0.262 e. The molecule has 0 heterocycles. The summed E-state index contributed by atoms with van der Waals surface area (Å²) < 4.78 is 11.6. The molecule has 1 N–H and O–H groups in total. The first-order valence-electron chi connectivity index (χ1n) is 8.93. The van der Waals surface area contributed by atoms with Crippen molar-refractivity contribution >= 4 is 27.9 Å². The third-order valence-electron chi connectivity index (χ3n) is 4.64. The quantitative estimate of drug-likeness (QED) is 0.544. The zero-order chi connectivity index (χ0) is 19.1. The predicted molar refractivity (Wildman–Crippen MR) is 105 cm³/mol. The summed E-state index contributed by atoms with van der Waals surface area (Å²) in [5.74, 6) is 1.26. The standard InChI is InChI=1S/C20H25BrN2O3/c1-4-26-18-11-14(10-16(21)19(18)25-3)9-15(12-22)20(24)23-17-8-6-5-7-13(17)2/h9-11,13,17H,4-8H2,1-3H3,(H,23,24)/b15-9+/t13-,17+/m0/s1. The molecule has 1 amide bonds. The number of nitriles is 1. The molecule has 5 nitrogen and oxygen atoms in total. The van der Waals surface area contributed by atoms with Gasteiger partial charge in [0.05, 0.1) is 18.2 Å². The average molecular weight is 421 g/mol. The highest BCUT2D eigenvalue weighted by atomic mass is 79.9. The number of rotatable bonds is 6. The Morgan fingerprint density at radius 3 is 2.77 bits per heavy atom. The largest absolute Gasteiger partial charge is 0.492 e. The van der Waals surface area contributed by atoms with Crippen molar-refractivity contribution in [1.29, 1.82) is 5.26 Å². The number of hydrogen-bond donors (Lipinski definition) is 1. The lowest BCUT2D eigenvalue weighted by Gasteiger charge is -2.29. The van der Waals surface area contributed by atoms with Crippen molar-refractivity contribution in [3.63, 3.8) is 0 Å². The summed E-state index contributed by atoms with van der Waals surface area (Å²) in [6, 6.07) is 5.72. The number of methoxy groups -OCH3 is 1. The summed E-state index contributed by atoms with van der Waals surface area (Å²) in [7, 11) is 1.57. The second-order valence-corrected chi connectivity index (χ2v) is 7.33. The molecular weight excluding hydrogens is 396 g/mol. The molecule has 26 heavy (non-hydrogen) atoms. The van der Waals surface area contributed by atoms with Crippen LogP contribution < -0.4 is 14.8 Å². The summed E-state index contributed by atoms with van der Waals surface area (Å²) in [6.07, 6.45) is 5.97. The fraction of sp³-hybridized carbons (Fsp3) is 0.500. The van der Waals surface area contributed by atoms with Gasteiger partial charge in [-0.2, -0.15) is 5.26 Å². The van der Waals surface area contributed by atoms with E-state index >= 15 is 0 Å². The Hall–Kier alpha value is -2.00. The van der Waals surface area contributed by atoms with Crippen LogP contribution in [0.3, 0.4) is 0 Å². The van der Waals surface area contributed by atoms with Crippen LogP contribution in [0.2, 0.25) is 0 Å². The molecule has 1 aliphatic carbocycles. The maximum atomic E-state index is 12.5. The minimum Gasteiger partial charge on any atom is -0.492 e. The molecular formula is C20H25BrN2O3. The average Bonchev–Trinajstić information content (AvgIpc) is 2.61. The van der Waals surface area contributed by atoms with Gasteiger partial charge in [0.2, 0.25) is 0 Å². The van der Waals surface area contributed by atoms with E-state index in [0.717, 1.165) is 19.3 Å². The number of carbonyl (C=O) groups excluding carboxylic acids is 1. The van der Waals surface area contributed by atoms with Crippen molar-refractivity contribution in [2.45, 2.75) is 45.6 Å². The second kappa shape index (κ2) is 9.63. The SMILES string of the molecule is CCOc1cc(/C=C(\C#N)C(=O)N[C@@H]2CCCC[C@@H]2C)cc(Br)c1OC. The molecule has 1 aromatic carbocycles. The zero-order valence-corrected chi connectivity index (χ0v) is 17.1. The van der Waals surface area contributed by atoms with Crippen LogP contribution in [0.4, 0.5) is 0 Å². The summed E-state index contributed by atoms with van der Waals surface area (Å²) >= 11 is 3.45. The van der Waals surface area contributed by atoms with Crippen molar-refractivity contribution in [2.75, 3.05) is 13.7 Å². The van der Waals surface area contributed by atoms with Gasteiger partial charge in [-0.15, -0.1) is 0 Å². The van der Waals surface area contributed by atoms with E-state index in [2.05, 4.69) is 28.2 Å². The molecule has 1 aromatic rings. The summed E-state index contributed by atoms with van der Waals surface area (Å²) in [5.41, 5.74) is 0.784. The molecule has 1 saturated carbocycles. The smallest absolute Gasteiger partial charge is 0.262 e. The normalized spacial score (nSPS) is 20.2. The van der Waals surface area contributed by atoms with E-state index in [4.69, 9.17) is 9.47 Å². The summed E-state index contributed by atoms with van der Waals surface area (Å²) in [6.45, 7) is 4.52. The van der Waals surface area contributed by atoms with E-state index in [1.54, 1.807) is 25.3 Å². The highest BCUT2D eigenvalue weighted by molar-refractivity contribution is 9.10. The van der Waals surface area contributed by atoms with Crippen LogP contribution in [0.5, 0.6) is 11.5 Å². The Morgan fingerprint density at radius 1 is 1.42 bits per heavy atom. The lowest BCUT2D eigenvalue weighted by Crippen LogP contribution is -2.41. The van der Waals surface area contributed by atoms with Crippen LogP contribution in [0, 0.1) is 17.2 Å². The van der Waals surface area contributed by atoms with Crippen molar-refractivity contribution in [3.8, 4) is 17.6 Å². The minimum absolute atomic E-state index is 0.0855. The third kappa shape index (κ3) is 5.01. The van der Waals surface area contributed by atoms with Crippen molar-refractivity contribution in [3.05, 3.63) is 27.7 Å². The molecule has 140 valence electrons. The van der Waals surface area contributed by atoms with Gasteiger partial charge >= 0.3 is 0 Å². The zero-order valence-electron chi connectivity index (χ0n) is 15.5. The van der Waals surface area contributed by atoms with Gasteiger partial charge in [0.25, 0.3) is 5.91 Å². The molecule has 0 bridgehead atoms. The van der Waals surface area contributed by atoms with Crippen molar-refractivity contribution < 1.29 is 14.3 Å². The van der Waals surface area contributed by atoms with E-state index in [9.17, 15) is 10.1 Å². The lowest BCUT2D eigenvalue weighted by molar-refractivity contribution is -0.118. The molecule has 0 aliphatic heterocycles. The van der Waals surface area contributed by atoms with Crippen molar-refractivity contribution in [1.82, 2.24) is 5.32 Å². The fourth-order valence-corrected chi connectivity index (χ4v) is 3.85. The van der Waals surface area contributed by atoms with Gasteiger partial charge in [-0.3, -0.25) is 4.79 Å². The number of hydrogen-bond acceptors (Lipinski definition) is 4. The molecule has 1 aliphatic rings. The van der Waals surface area contributed by atoms with Crippen LogP contribution in [-0.2, 0) is 4.79 Å². The first-order valence-corrected chi connectivity index (χ1v) is 9.72. The predicted octanol–water partition coefficient (Wildman–Crippen LogP) is 4.46. The number of nitrogens with one attached hydrogen (secondary N) is 1.